The maximum Gasteiger partial charge on any atom is 0.231 e. The van der Waals surface area contributed by atoms with Crippen LogP contribution in [-0.4, -0.2) is 56.2 Å². The van der Waals surface area contributed by atoms with Crippen molar-refractivity contribution in [2.24, 2.45) is 5.16 Å². The summed E-state index contributed by atoms with van der Waals surface area (Å²) in [5.74, 6) is 4.67. The van der Waals surface area contributed by atoms with E-state index in [0.717, 1.165) is 51.3 Å². The van der Waals surface area contributed by atoms with Crippen molar-refractivity contribution in [2.45, 2.75) is 0 Å². The van der Waals surface area contributed by atoms with Gasteiger partial charge in [0.25, 0.3) is 0 Å². The molecule has 0 fully saturated rings. The Labute approximate surface area is 186 Å². The molecule has 1 aromatic heterocycles. The van der Waals surface area contributed by atoms with Gasteiger partial charge in [0.15, 0.2) is 18.1 Å². The van der Waals surface area contributed by atoms with Crippen LogP contribution in [0.5, 0.6) is 17.2 Å². The van der Waals surface area contributed by atoms with Crippen LogP contribution < -0.4 is 14.2 Å². The van der Waals surface area contributed by atoms with Crippen LogP contribution in [0.25, 0.3) is 22.2 Å². The third-order valence-electron chi connectivity index (χ3n) is 5.15. The highest BCUT2D eigenvalue weighted by Crippen LogP contribution is 2.47. The highest BCUT2D eigenvalue weighted by molar-refractivity contribution is 6.30. The number of aromatic amines is 1. The van der Waals surface area contributed by atoms with Gasteiger partial charge in [0, 0.05) is 34.1 Å². The summed E-state index contributed by atoms with van der Waals surface area (Å²) in [6.07, 6.45) is 5.33. The number of rotatable bonds is 6. The fourth-order valence-corrected chi connectivity index (χ4v) is 3.76. The summed E-state index contributed by atoms with van der Waals surface area (Å²) in [6, 6.07) is 9.93. The molecule has 1 N–H and O–H groups in total. The van der Waals surface area contributed by atoms with Crippen molar-refractivity contribution in [3.63, 3.8) is 0 Å². The van der Waals surface area contributed by atoms with Gasteiger partial charge in [-0.15, -0.1) is 18.8 Å². The van der Waals surface area contributed by atoms with Crippen LogP contribution in [0.2, 0.25) is 0 Å². The zero-order valence-corrected chi connectivity index (χ0v) is 18.0. The Hall–Kier alpha value is -3.34. The second kappa shape index (κ2) is 8.42. The van der Waals surface area contributed by atoms with E-state index in [9.17, 15) is 0 Å². The van der Waals surface area contributed by atoms with Gasteiger partial charge in [-0.3, -0.25) is 0 Å². The summed E-state index contributed by atoms with van der Waals surface area (Å²) < 4.78 is 17.1. The summed E-state index contributed by atoms with van der Waals surface area (Å²) in [7, 11) is 4.04. The fourth-order valence-electron chi connectivity index (χ4n) is 3.76. The average Bonchev–Trinajstić information content (AvgIpc) is 3.40. The molecule has 0 unspecified atom stereocenters. The van der Waals surface area contributed by atoms with Crippen molar-refractivity contribution in [2.75, 3.05) is 40.6 Å². The first-order chi connectivity index (χ1) is 14.7. The molecule has 0 amide bonds. The van der Waals surface area contributed by atoms with Crippen molar-refractivity contribution >= 4 is 29.0 Å². The van der Waals surface area contributed by atoms with Crippen molar-refractivity contribution < 1.29 is 19.0 Å². The Balaban J connectivity index is 0.00000231. The quantitative estimate of drug-likeness (QED) is 0.282. The van der Waals surface area contributed by atoms with E-state index in [1.807, 2.05) is 44.4 Å². The lowest BCUT2D eigenvalue weighted by atomic mass is 10.1. The number of hydrogen-bond acceptors (Lipinski definition) is 6. The van der Waals surface area contributed by atoms with E-state index >= 15 is 0 Å². The van der Waals surface area contributed by atoms with Crippen molar-refractivity contribution in [3.8, 4) is 40.8 Å². The Kier molecular flexibility index (Phi) is 5.68. The Morgan fingerprint density at radius 2 is 1.94 bits per heavy atom. The smallest absolute Gasteiger partial charge is 0.231 e. The van der Waals surface area contributed by atoms with Crippen molar-refractivity contribution in [1.82, 2.24) is 9.88 Å². The predicted molar refractivity (Wildman–Crippen MR) is 122 cm³/mol. The summed E-state index contributed by atoms with van der Waals surface area (Å²) in [4.78, 5) is 11.0. The van der Waals surface area contributed by atoms with Crippen LogP contribution in [0.15, 0.2) is 35.5 Å². The van der Waals surface area contributed by atoms with Crippen LogP contribution in [0.4, 0.5) is 0 Å². The molecule has 8 heteroatoms. The number of likely N-dealkylation sites (N-methyl/N-ethyl adjacent to an activating group) is 1. The number of oxime groups is 1. The van der Waals surface area contributed by atoms with E-state index in [4.69, 9.17) is 25.5 Å². The number of halogens is 1. The number of fused-ring (bicyclic) bond motifs is 6. The number of nitrogens with zero attached hydrogens (tertiary/aromatic N) is 2. The minimum atomic E-state index is 0. The number of aromatic nitrogens is 1. The second-order valence-electron chi connectivity index (χ2n) is 7.40. The third-order valence-corrected chi connectivity index (χ3v) is 5.15. The van der Waals surface area contributed by atoms with E-state index in [1.165, 1.54) is 0 Å². The molecule has 7 nitrogen and oxygen atoms in total. The van der Waals surface area contributed by atoms with Crippen molar-refractivity contribution in [1.29, 1.82) is 0 Å². The van der Waals surface area contributed by atoms with Gasteiger partial charge in [-0.25, -0.2) is 0 Å². The first-order valence-corrected chi connectivity index (χ1v) is 9.67. The van der Waals surface area contributed by atoms with Gasteiger partial charge in [0.1, 0.15) is 18.1 Å². The van der Waals surface area contributed by atoms with Crippen LogP contribution in [-0.2, 0) is 4.84 Å². The van der Waals surface area contributed by atoms with Gasteiger partial charge >= 0.3 is 0 Å². The number of nitrogens with one attached hydrogen (secondary N) is 1. The molecule has 31 heavy (non-hydrogen) atoms. The van der Waals surface area contributed by atoms with Gasteiger partial charge in [-0.1, -0.05) is 11.1 Å². The minimum Gasteiger partial charge on any atom is -0.492 e. The Bertz CT molecular complexity index is 1210. The first-order valence-electron chi connectivity index (χ1n) is 9.67. The highest BCUT2D eigenvalue weighted by Gasteiger charge is 2.33. The average molecular weight is 440 g/mol. The predicted octanol–water partition coefficient (Wildman–Crippen LogP) is 3.64. The monoisotopic (exact) mass is 439 g/mol. The van der Waals surface area contributed by atoms with Gasteiger partial charge in [-0.05, 0) is 44.4 Å². The van der Waals surface area contributed by atoms with E-state index < -0.39 is 0 Å². The van der Waals surface area contributed by atoms with Crippen molar-refractivity contribution in [3.05, 3.63) is 41.5 Å². The standard InChI is InChI=1S/C23H21N3O4.ClH/c1-4-8-30-25-23-16-12-20-19(28-13-29-20)11-15(16)22-21(23)17-10-14(5-6-18(17)24-22)27-9-7-26(2)3;/h1,5-6,10-12,24H,7-9,13H2,2-3H3;1H/b25-23-;. The van der Waals surface area contributed by atoms with E-state index in [1.54, 1.807) is 0 Å². The normalized spacial score (nSPS) is 14.3. The second-order valence-corrected chi connectivity index (χ2v) is 7.40. The highest BCUT2D eigenvalue weighted by atomic mass is 35.5. The Morgan fingerprint density at radius 3 is 2.68 bits per heavy atom. The first kappa shape index (κ1) is 20.9. The third kappa shape index (κ3) is 3.65. The molecule has 0 atom stereocenters. The number of ether oxygens (including phenoxy) is 3. The number of terminal acetylenes is 1. The van der Waals surface area contributed by atoms with E-state index in [-0.39, 0.29) is 25.8 Å². The topological polar surface area (TPSA) is 68.3 Å². The molecule has 5 rings (SSSR count). The lowest BCUT2D eigenvalue weighted by Gasteiger charge is -2.11. The molecule has 0 spiro atoms. The SMILES string of the molecule is C#CCO/N=C1/c2cc3c(cc2-c2[nH]c4ccc(OCCN(C)C)cc4c21)OCO3.Cl. The molecule has 2 heterocycles. The molecule has 0 bridgehead atoms. The largest absolute Gasteiger partial charge is 0.492 e. The molecular formula is C23H22ClN3O4. The van der Waals surface area contributed by atoms with Gasteiger partial charge < -0.3 is 28.9 Å². The minimum absolute atomic E-state index is 0. The Morgan fingerprint density at radius 1 is 1.16 bits per heavy atom. The molecule has 160 valence electrons. The molecule has 3 aromatic rings. The van der Waals surface area contributed by atoms with E-state index in [0.29, 0.717) is 18.1 Å². The van der Waals surface area contributed by atoms with Crippen LogP contribution >= 0.6 is 12.4 Å². The lowest BCUT2D eigenvalue weighted by Crippen LogP contribution is -2.19. The molecule has 2 aliphatic rings. The maximum atomic E-state index is 5.94. The molecule has 0 radical (unpaired) electrons. The molecular weight excluding hydrogens is 418 g/mol. The van der Waals surface area contributed by atoms with Crippen LogP contribution in [0.1, 0.15) is 11.1 Å². The summed E-state index contributed by atoms with van der Waals surface area (Å²) >= 11 is 0. The number of hydrogen-bond donors (Lipinski definition) is 1. The van der Waals surface area contributed by atoms with Gasteiger partial charge in [0.05, 0.1) is 5.69 Å². The summed E-state index contributed by atoms with van der Waals surface area (Å²) in [5.41, 5.74) is 5.53. The number of H-pyrrole nitrogens is 1. The molecule has 2 aromatic carbocycles. The van der Waals surface area contributed by atoms with Crippen LogP contribution in [0.3, 0.4) is 0 Å². The zero-order chi connectivity index (χ0) is 20.7. The molecule has 0 saturated carbocycles. The molecule has 0 saturated heterocycles. The lowest BCUT2D eigenvalue weighted by molar-refractivity contribution is 0.174. The molecule has 1 aliphatic heterocycles. The van der Waals surface area contributed by atoms with Gasteiger partial charge in [0.2, 0.25) is 6.79 Å². The summed E-state index contributed by atoms with van der Waals surface area (Å²) in [5, 5.41) is 5.38. The number of benzene rings is 2. The zero-order valence-electron chi connectivity index (χ0n) is 17.2. The van der Waals surface area contributed by atoms with E-state index in [2.05, 4.69) is 21.0 Å². The molecule has 1 aliphatic carbocycles. The van der Waals surface area contributed by atoms with Crippen LogP contribution in [0, 0.1) is 12.3 Å². The maximum absolute atomic E-state index is 5.94. The van der Waals surface area contributed by atoms with Gasteiger partial charge in [-0.2, -0.15) is 0 Å². The summed E-state index contributed by atoms with van der Waals surface area (Å²) in [6.45, 7) is 1.76. The fraction of sp³-hybridized carbons (Fsp3) is 0.261.